The fourth-order valence-electron chi connectivity index (χ4n) is 1.52. The van der Waals surface area contributed by atoms with Crippen LogP contribution in [0.5, 0.6) is 0 Å². The minimum atomic E-state index is 0.364. The Morgan fingerprint density at radius 2 is 2.40 bits per heavy atom. The van der Waals surface area contributed by atoms with E-state index in [1.54, 1.807) is 6.20 Å². The van der Waals surface area contributed by atoms with E-state index >= 15 is 0 Å². The zero-order chi connectivity index (χ0) is 10.9. The van der Waals surface area contributed by atoms with Gasteiger partial charge in [-0.3, -0.25) is 16.3 Å². The molecule has 0 aromatic carbocycles. The number of pyridine rings is 1. The van der Waals surface area contributed by atoms with Gasteiger partial charge in [-0.2, -0.15) is 0 Å². The SMILES string of the molecule is C=CCCC(CCc1cccnc1)NN. The van der Waals surface area contributed by atoms with E-state index < -0.39 is 0 Å². The van der Waals surface area contributed by atoms with Gasteiger partial charge in [-0.25, -0.2) is 0 Å². The highest BCUT2D eigenvalue weighted by molar-refractivity contribution is 5.08. The van der Waals surface area contributed by atoms with Crippen molar-refractivity contribution >= 4 is 0 Å². The topological polar surface area (TPSA) is 50.9 Å². The molecule has 0 saturated carbocycles. The number of allylic oxidation sites excluding steroid dienone is 1. The molecule has 15 heavy (non-hydrogen) atoms. The van der Waals surface area contributed by atoms with Crippen molar-refractivity contribution in [3.8, 4) is 0 Å². The van der Waals surface area contributed by atoms with E-state index in [1.165, 1.54) is 5.56 Å². The first-order valence-electron chi connectivity index (χ1n) is 5.32. The minimum Gasteiger partial charge on any atom is -0.271 e. The first kappa shape index (κ1) is 11.9. The van der Waals surface area contributed by atoms with Crippen molar-refractivity contribution in [3.05, 3.63) is 42.7 Å². The van der Waals surface area contributed by atoms with Crippen LogP contribution >= 0.6 is 0 Å². The molecule has 0 bridgehead atoms. The van der Waals surface area contributed by atoms with E-state index in [2.05, 4.69) is 23.1 Å². The largest absolute Gasteiger partial charge is 0.271 e. The number of nitrogens with two attached hydrogens (primary N) is 1. The van der Waals surface area contributed by atoms with E-state index in [0.717, 1.165) is 25.7 Å². The molecule has 3 heteroatoms. The lowest BCUT2D eigenvalue weighted by atomic mass is 10.0. The third-order valence-electron chi connectivity index (χ3n) is 2.46. The van der Waals surface area contributed by atoms with Crippen LogP contribution in [0.1, 0.15) is 24.8 Å². The smallest absolute Gasteiger partial charge is 0.0299 e. The number of hydrogen-bond donors (Lipinski definition) is 2. The highest BCUT2D eigenvalue weighted by Crippen LogP contribution is 2.07. The highest BCUT2D eigenvalue weighted by atomic mass is 15.2. The molecule has 1 atom stereocenters. The summed E-state index contributed by atoms with van der Waals surface area (Å²) < 4.78 is 0. The number of hydrogen-bond acceptors (Lipinski definition) is 3. The number of hydrazine groups is 1. The zero-order valence-corrected chi connectivity index (χ0v) is 9.02. The predicted octanol–water partition coefficient (Wildman–Crippen LogP) is 1.81. The average Bonchev–Trinajstić information content (AvgIpc) is 2.31. The molecule has 0 aliphatic carbocycles. The molecule has 1 rings (SSSR count). The highest BCUT2D eigenvalue weighted by Gasteiger charge is 2.05. The fourth-order valence-corrected chi connectivity index (χ4v) is 1.52. The molecule has 1 aromatic rings. The molecule has 1 heterocycles. The molecule has 0 spiro atoms. The van der Waals surface area contributed by atoms with Gasteiger partial charge in [0.25, 0.3) is 0 Å². The van der Waals surface area contributed by atoms with Crippen LogP contribution in [0.15, 0.2) is 37.2 Å². The second-order valence-electron chi connectivity index (χ2n) is 3.63. The maximum atomic E-state index is 5.48. The number of rotatable bonds is 7. The van der Waals surface area contributed by atoms with Crippen molar-refractivity contribution in [1.82, 2.24) is 10.4 Å². The number of nitrogens with zero attached hydrogens (tertiary/aromatic N) is 1. The molecule has 0 aliphatic rings. The van der Waals surface area contributed by atoms with Gasteiger partial charge < -0.3 is 0 Å². The minimum absolute atomic E-state index is 0.364. The molecule has 1 aromatic heterocycles. The maximum Gasteiger partial charge on any atom is 0.0299 e. The van der Waals surface area contributed by atoms with Crippen LogP contribution < -0.4 is 11.3 Å². The van der Waals surface area contributed by atoms with Gasteiger partial charge >= 0.3 is 0 Å². The van der Waals surface area contributed by atoms with E-state index in [1.807, 2.05) is 18.3 Å². The molecular formula is C12H19N3. The van der Waals surface area contributed by atoms with Gasteiger partial charge in [0.1, 0.15) is 0 Å². The summed E-state index contributed by atoms with van der Waals surface area (Å²) in [4.78, 5) is 4.08. The lowest BCUT2D eigenvalue weighted by Crippen LogP contribution is -2.35. The predicted molar refractivity (Wildman–Crippen MR) is 63.1 cm³/mol. The van der Waals surface area contributed by atoms with Crippen LogP contribution in [0.2, 0.25) is 0 Å². The van der Waals surface area contributed by atoms with Gasteiger partial charge in [-0.1, -0.05) is 12.1 Å². The molecule has 0 saturated heterocycles. The molecule has 0 fully saturated rings. The second-order valence-corrected chi connectivity index (χ2v) is 3.63. The molecule has 0 aliphatic heterocycles. The second kappa shape index (κ2) is 7.15. The molecule has 82 valence electrons. The van der Waals surface area contributed by atoms with Crippen LogP contribution in [-0.4, -0.2) is 11.0 Å². The summed E-state index contributed by atoms with van der Waals surface area (Å²) in [7, 11) is 0. The summed E-state index contributed by atoms with van der Waals surface area (Å²) in [6.07, 6.45) is 9.72. The summed E-state index contributed by atoms with van der Waals surface area (Å²) in [6.45, 7) is 3.71. The Kier molecular flexibility index (Phi) is 5.66. The summed E-state index contributed by atoms with van der Waals surface area (Å²) >= 11 is 0. The van der Waals surface area contributed by atoms with E-state index in [-0.39, 0.29) is 0 Å². The van der Waals surface area contributed by atoms with Gasteiger partial charge in [0.05, 0.1) is 0 Å². The van der Waals surface area contributed by atoms with Crippen LogP contribution in [0.3, 0.4) is 0 Å². The lowest BCUT2D eigenvalue weighted by molar-refractivity contribution is 0.467. The average molecular weight is 205 g/mol. The van der Waals surface area contributed by atoms with Crippen molar-refractivity contribution in [1.29, 1.82) is 0 Å². The normalized spacial score (nSPS) is 12.3. The Morgan fingerprint density at radius 1 is 1.53 bits per heavy atom. The Bertz CT molecular complexity index is 271. The van der Waals surface area contributed by atoms with Crippen molar-refractivity contribution < 1.29 is 0 Å². The van der Waals surface area contributed by atoms with Crippen LogP contribution in [0, 0.1) is 0 Å². The number of aromatic nitrogens is 1. The van der Waals surface area contributed by atoms with Crippen molar-refractivity contribution in [2.24, 2.45) is 5.84 Å². The van der Waals surface area contributed by atoms with Crippen molar-refractivity contribution in [2.75, 3.05) is 0 Å². The number of nitrogens with one attached hydrogen (secondary N) is 1. The summed E-state index contributed by atoms with van der Waals surface area (Å²) in [6, 6.07) is 4.42. The van der Waals surface area contributed by atoms with Crippen LogP contribution in [0.25, 0.3) is 0 Å². The molecule has 0 radical (unpaired) electrons. The number of aryl methyl sites for hydroxylation is 1. The summed E-state index contributed by atoms with van der Waals surface area (Å²) in [5.74, 6) is 5.48. The quantitative estimate of drug-likeness (QED) is 0.405. The molecule has 1 unspecified atom stereocenters. The monoisotopic (exact) mass is 205 g/mol. The fraction of sp³-hybridized carbons (Fsp3) is 0.417. The van der Waals surface area contributed by atoms with Gasteiger partial charge in [-0.05, 0) is 37.3 Å². The van der Waals surface area contributed by atoms with Crippen molar-refractivity contribution in [2.45, 2.75) is 31.7 Å². The van der Waals surface area contributed by atoms with E-state index in [9.17, 15) is 0 Å². The van der Waals surface area contributed by atoms with E-state index in [0.29, 0.717) is 6.04 Å². The van der Waals surface area contributed by atoms with Gasteiger partial charge in [0, 0.05) is 18.4 Å². The Labute approximate surface area is 91.4 Å². The summed E-state index contributed by atoms with van der Waals surface area (Å²) in [5, 5.41) is 0. The zero-order valence-electron chi connectivity index (χ0n) is 9.02. The molecule has 3 N–H and O–H groups in total. The molecule has 0 amide bonds. The van der Waals surface area contributed by atoms with Gasteiger partial charge in [-0.15, -0.1) is 6.58 Å². The first-order chi connectivity index (χ1) is 7.36. The Hall–Kier alpha value is -1.19. The Morgan fingerprint density at radius 3 is 3.00 bits per heavy atom. The third kappa shape index (κ3) is 4.72. The maximum absolute atomic E-state index is 5.48. The molecule has 3 nitrogen and oxygen atoms in total. The summed E-state index contributed by atoms with van der Waals surface area (Å²) in [5.41, 5.74) is 4.10. The van der Waals surface area contributed by atoms with E-state index in [4.69, 9.17) is 5.84 Å². The van der Waals surface area contributed by atoms with Gasteiger partial charge in [0.15, 0.2) is 0 Å². The van der Waals surface area contributed by atoms with Gasteiger partial charge in [0.2, 0.25) is 0 Å². The third-order valence-corrected chi connectivity index (χ3v) is 2.46. The lowest BCUT2D eigenvalue weighted by Gasteiger charge is -2.14. The Balaban J connectivity index is 2.31. The van der Waals surface area contributed by atoms with Crippen molar-refractivity contribution in [3.63, 3.8) is 0 Å². The standard InChI is InChI=1S/C12H19N3/c1-2-3-6-12(15-13)8-7-11-5-4-9-14-10-11/h2,4-5,9-10,12,15H,1,3,6-8,13H2. The van der Waals surface area contributed by atoms with Crippen LogP contribution in [0.4, 0.5) is 0 Å². The van der Waals surface area contributed by atoms with Crippen LogP contribution in [-0.2, 0) is 6.42 Å². The first-order valence-corrected chi connectivity index (χ1v) is 5.32. The molecular weight excluding hydrogens is 186 g/mol.